The van der Waals surface area contributed by atoms with Crippen LogP contribution in [0.3, 0.4) is 0 Å². The third-order valence-electron chi connectivity index (χ3n) is 1.55. The zero-order chi connectivity index (χ0) is 7.72. The van der Waals surface area contributed by atoms with Crippen LogP contribution in [0.15, 0.2) is 4.99 Å². The first-order valence-electron chi connectivity index (χ1n) is 3.25. The number of amidine groups is 1. The first-order chi connectivity index (χ1) is 4.61. The molecule has 10 heavy (non-hydrogen) atoms. The molecule has 3 nitrogen and oxygen atoms in total. The topological polar surface area (TPSA) is 47.6 Å². The molecule has 0 spiro atoms. The van der Waals surface area contributed by atoms with E-state index in [9.17, 15) is 4.39 Å². The maximum absolute atomic E-state index is 12.9. The summed E-state index contributed by atoms with van der Waals surface area (Å²) in [6, 6.07) is -0.280. The van der Waals surface area contributed by atoms with E-state index in [0.717, 1.165) is 0 Å². The highest BCUT2D eigenvalue weighted by Gasteiger charge is 2.29. The van der Waals surface area contributed by atoms with Crippen LogP contribution in [0.1, 0.15) is 13.8 Å². The van der Waals surface area contributed by atoms with Gasteiger partial charge in [-0.1, -0.05) is 0 Å². The quantitative estimate of drug-likeness (QED) is 0.539. The number of ether oxygens (including phenoxy) is 1. The molecule has 4 heteroatoms. The average Bonchev–Trinajstić information content (AvgIpc) is 1.82. The minimum atomic E-state index is -1.03. The molecular formula is C6H11FN2O. The average molecular weight is 146 g/mol. The molecule has 58 valence electrons. The zero-order valence-corrected chi connectivity index (χ0v) is 6.04. The smallest absolute Gasteiger partial charge is 0.282 e. The Balaban J connectivity index is 2.69. The molecule has 0 aromatic rings. The number of hydrogen-bond donors (Lipinski definition) is 1. The summed E-state index contributed by atoms with van der Waals surface area (Å²) in [5, 5.41) is 0. The lowest BCUT2D eigenvalue weighted by Gasteiger charge is -2.25. The predicted octanol–water partition coefficient (Wildman–Crippen LogP) is 0.446. The molecular weight excluding hydrogens is 135 g/mol. The van der Waals surface area contributed by atoms with E-state index in [0.29, 0.717) is 0 Å². The van der Waals surface area contributed by atoms with Crippen LogP contribution >= 0.6 is 0 Å². The van der Waals surface area contributed by atoms with Crippen LogP contribution in [0.2, 0.25) is 0 Å². The van der Waals surface area contributed by atoms with Gasteiger partial charge in [0.1, 0.15) is 6.10 Å². The summed E-state index contributed by atoms with van der Waals surface area (Å²) in [6.45, 7) is 3.32. The molecule has 0 saturated carbocycles. The van der Waals surface area contributed by atoms with Crippen LogP contribution in [-0.2, 0) is 4.74 Å². The summed E-state index contributed by atoms with van der Waals surface area (Å²) in [5.41, 5.74) is 5.24. The molecule has 2 N–H and O–H groups in total. The van der Waals surface area contributed by atoms with E-state index in [-0.39, 0.29) is 12.1 Å². The highest BCUT2D eigenvalue weighted by Crippen LogP contribution is 2.15. The molecule has 1 heterocycles. The fourth-order valence-electron chi connectivity index (χ4n) is 0.950. The molecule has 0 amide bonds. The highest BCUT2D eigenvalue weighted by atomic mass is 19.1. The Bertz CT molecular complexity index is 160. The normalized spacial score (nSPS) is 40.3. The van der Waals surface area contributed by atoms with Crippen molar-refractivity contribution in [2.75, 3.05) is 0 Å². The van der Waals surface area contributed by atoms with E-state index >= 15 is 0 Å². The maximum Gasteiger partial charge on any atom is 0.282 e. The number of alkyl halides is 1. The van der Waals surface area contributed by atoms with Crippen LogP contribution in [0, 0.1) is 0 Å². The van der Waals surface area contributed by atoms with Crippen molar-refractivity contribution in [3.05, 3.63) is 0 Å². The minimum absolute atomic E-state index is 0.0916. The summed E-state index contributed by atoms with van der Waals surface area (Å²) in [5.74, 6) is 0. The van der Waals surface area contributed by atoms with Crippen molar-refractivity contribution in [3.8, 4) is 0 Å². The number of halogens is 1. The van der Waals surface area contributed by atoms with Crippen molar-refractivity contribution in [3.63, 3.8) is 0 Å². The minimum Gasteiger partial charge on any atom is -0.459 e. The Morgan fingerprint density at radius 2 is 2.20 bits per heavy atom. The predicted molar refractivity (Wildman–Crippen MR) is 36.5 cm³/mol. The van der Waals surface area contributed by atoms with Gasteiger partial charge in [0.25, 0.3) is 6.02 Å². The first kappa shape index (κ1) is 7.31. The molecule has 3 atom stereocenters. The fraction of sp³-hybridized carbons (Fsp3) is 0.833. The van der Waals surface area contributed by atoms with Gasteiger partial charge in [0.2, 0.25) is 0 Å². The van der Waals surface area contributed by atoms with Crippen LogP contribution in [0.5, 0.6) is 0 Å². The lowest BCUT2D eigenvalue weighted by atomic mass is 10.1. The maximum atomic E-state index is 12.9. The Morgan fingerprint density at radius 3 is 2.70 bits per heavy atom. The van der Waals surface area contributed by atoms with Crippen molar-refractivity contribution >= 4 is 6.02 Å². The Morgan fingerprint density at radius 1 is 1.60 bits per heavy atom. The summed E-state index contributed by atoms with van der Waals surface area (Å²) >= 11 is 0. The fourth-order valence-corrected chi connectivity index (χ4v) is 0.950. The molecule has 1 rings (SSSR count). The van der Waals surface area contributed by atoms with Gasteiger partial charge in [0.05, 0.1) is 6.04 Å². The van der Waals surface area contributed by atoms with E-state index in [4.69, 9.17) is 10.5 Å². The summed E-state index contributed by atoms with van der Waals surface area (Å²) < 4.78 is 17.7. The molecule has 0 aromatic carbocycles. The Kier molecular flexibility index (Phi) is 1.78. The Hall–Kier alpha value is -0.800. The summed E-state index contributed by atoms with van der Waals surface area (Å²) in [6.07, 6.45) is -1.50. The number of nitrogens with zero attached hydrogens (tertiary/aromatic N) is 1. The molecule has 0 fully saturated rings. The van der Waals surface area contributed by atoms with Crippen molar-refractivity contribution in [2.24, 2.45) is 10.7 Å². The SMILES string of the molecule is C[C@@H]1N=C(N)O[C@H](C)[C@@H]1F. The monoisotopic (exact) mass is 146 g/mol. The molecule has 0 unspecified atom stereocenters. The lowest BCUT2D eigenvalue weighted by Crippen LogP contribution is -2.40. The van der Waals surface area contributed by atoms with Crippen molar-refractivity contribution in [1.29, 1.82) is 0 Å². The van der Waals surface area contributed by atoms with Gasteiger partial charge in [-0.25, -0.2) is 9.38 Å². The molecule has 0 radical (unpaired) electrons. The van der Waals surface area contributed by atoms with Gasteiger partial charge in [-0.05, 0) is 13.8 Å². The van der Waals surface area contributed by atoms with Crippen LogP contribution in [0.4, 0.5) is 4.39 Å². The number of rotatable bonds is 0. The van der Waals surface area contributed by atoms with E-state index in [1.807, 2.05) is 0 Å². The van der Waals surface area contributed by atoms with Crippen molar-refractivity contribution in [2.45, 2.75) is 32.2 Å². The van der Waals surface area contributed by atoms with Gasteiger partial charge in [-0.2, -0.15) is 0 Å². The van der Waals surface area contributed by atoms with E-state index < -0.39 is 12.3 Å². The third kappa shape index (κ3) is 1.20. The number of aliphatic imine (C=N–C) groups is 1. The van der Waals surface area contributed by atoms with E-state index in [2.05, 4.69) is 4.99 Å². The van der Waals surface area contributed by atoms with Gasteiger partial charge in [0.15, 0.2) is 6.17 Å². The third-order valence-corrected chi connectivity index (χ3v) is 1.55. The van der Waals surface area contributed by atoms with Gasteiger partial charge in [0, 0.05) is 0 Å². The van der Waals surface area contributed by atoms with Gasteiger partial charge >= 0.3 is 0 Å². The standard InChI is InChI=1S/C6H11FN2O/c1-3-5(7)4(2)10-6(8)9-3/h3-5H,1-2H3,(H2,8,9)/t3-,4+,5+/m0/s1. The molecule has 0 bridgehead atoms. The molecule has 1 aliphatic rings. The lowest BCUT2D eigenvalue weighted by molar-refractivity contribution is 0.0707. The van der Waals surface area contributed by atoms with Gasteiger partial charge < -0.3 is 10.5 Å². The van der Waals surface area contributed by atoms with Gasteiger partial charge in [-0.15, -0.1) is 0 Å². The zero-order valence-electron chi connectivity index (χ0n) is 6.04. The van der Waals surface area contributed by atoms with Crippen LogP contribution in [0.25, 0.3) is 0 Å². The van der Waals surface area contributed by atoms with E-state index in [1.54, 1.807) is 13.8 Å². The van der Waals surface area contributed by atoms with Gasteiger partial charge in [-0.3, -0.25) is 0 Å². The first-order valence-corrected chi connectivity index (χ1v) is 3.25. The second-order valence-electron chi connectivity index (χ2n) is 2.48. The summed E-state index contributed by atoms with van der Waals surface area (Å²) in [7, 11) is 0. The van der Waals surface area contributed by atoms with Crippen molar-refractivity contribution in [1.82, 2.24) is 0 Å². The van der Waals surface area contributed by atoms with Crippen molar-refractivity contribution < 1.29 is 9.13 Å². The van der Waals surface area contributed by atoms with E-state index in [1.165, 1.54) is 0 Å². The number of nitrogens with two attached hydrogens (primary N) is 1. The summed E-state index contributed by atoms with van der Waals surface area (Å²) in [4.78, 5) is 3.71. The Labute approximate surface area is 59.1 Å². The molecule has 0 aromatic heterocycles. The molecule has 0 aliphatic carbocycles. The van der Waals surface area contributed by atoms with Crippen LogP contribution in [-0.4, -0.2) is 24.3 Å². The largest absolute Gasteiger partial charge is 0.459 e. The number of hydrogen-bond acceptors (Lipinski definition) is 3. The molecule has 1 aliphatic heterocycles. The highest BCUT2D eigenvalue weighted by molar-refractivity contribution is 5.72. The molecule has 0 saturated heterocycles. The van der Waals surface area contributed by atoms with Crippen LogP contribution < -0.4 is 5.73 Å². The second-order valence-corrected chi connectivity index (χ2v) is 2.48. The second kappa shape index (κ2) is 2.44.